The molecule has 9 nitrogen and oxygen atoms in total. The molecule has 0 aliphatic rings. The summed E-state index contributed by atoms with van der Waals surface area (Å²) in [7, 11) is 1.25. The molecule has 0 saturated heterocycles. The highest BCUT2D eigenvalue weighted by Gasteiger charge is 2.26. The number of rotatable bonds is 6. The molecule has 0 unspecified atom stereocenters. The Hall–Kier alpha value is -3.60. The Kier molecular flexibility index (Phi) is 5.98. The largest absolute Gasteiger partial charge is 0.465 e. The maximum Gasteiger partial charge on any atom is 0.373 e. The quantitative estimate of drug-likeness (QED) is 0.320. The molecule has 0 amide bonds. The normalized spacial score (nSPS) is 10.3. The first kappa shape index (κ1) is 20.1. The van der Waals surface area contributed by atoms with E-state index in [1.165, 1.54) is 43.5 Å². The molecule has 0 aliphatic heterocycles. The summed E-state index contributed by atoms with van der Waals surface area (Å²) in [6.45, 7) is 0. The number of carbonyl (C=O) groups excluding carboxylic acids is 1. The number of ether oxygens (including phenoxy) is 2. The Balaban J connectivity index is 1.92. The highest BCUT2D eigenvalue weighted by molar-refractivity contribution is 9.10. The second-order valence-corrected chi connectivity index (χ2v) is 6.42. The van der Waals surface area contributed by atoms with Crippen molar-refractivity contribution in [3.05, 3.63) is 74.8 Å². The number of benzene rings is 2. The number of carbonyl (C=O) groups is 1. The number of methoxy groups -OCH3 is 1. The van der Waals surface area contributed by atoms with E-state index in [1.807, 2.05) is 0 Å². The van der Waals surface area contributed by atoms with Crippen molar-refractivity contribution >= 4 is 39.1 Å². The Morgan fingerprint density at radius 2 is 1.93 bits per heavy atom. The van der Waals surface area contributed by atoms with Crippen molar-refractivity contribution in [3.8, 4) is 11.6 Å². The van der Waals surface area contributed by atoms with Gasteiger partial charge in [0.1, 0.15) is 17.9 Å². The minimum absolute atomic E-state index is 0.0108. The van der Waals surface area contributed by atoms with E-state index >= 15 is 0 Å². The first-order chi connectivity index (χ1) is 13.9. The monoisotopic (exact) mass is 462 g/mol. The maximum absolute atomic E-state index is 14.1. The minimum atomic E-state index is -0.739. The summed E-state index contributed by atoms with van der Waals surface area (Å²) in [5.74, 6) is -1.57. The third kappa shape index (κ3) is 4.63. The number of nitrogens with zero attached hydrogens (tertiary/aromatic N) is 3. The third-order valence-corrected chi connectivity index (χ3v) is 4.14. The first-order valence-electron chi connectivity index (χ1n) is 7.96. The van der Waals surface area contributed by atoms with E-state index in [2.05, 4.69) is 36.0 Å². The van der Waals surface area contributed by atoms with E-state index in [0.717, 1.165) is 6.33 Å². The van der Waals surface area contributed by atoms with Crippen LogP contribution in [0.1, 0.15) is 10.4 Å². The summed E-state index contributed by atoms with van der Waals surface area (Å²) < 4.78 is 24.7. The molecule has 3 rings (SSSR count). The lowest BCUT2D eigenvalue weighted by Gasteiger charge is -2.10. The predicted molar refractivity (Wildman–Crippen MR) is 104 cm³/mol. The second kappa shape index (κ2) is 8.61. The molecule has 11 heteroatoms. The number of aromatic nitrogens is 2. The summed E-state index contributed by atoms with van der Waals surface area (Å²) >= 11 is 3.14. The van der Waals surface area contributed by atoms with E-state index < -0.39 is 22.4 Å². The molecule has 0 radical (unpaired) electrons. The van der Waals surface area contributed by atoms with E-state index in [0.29, 0.717) is 4.47 Å². The second-order valence-electron chi connectivity index (χ2n) is 5.50. The average molecular weight is 463 g/mol. The topological polar surface area (TPSA) is 116 Å². The number of esters is 1. The molecule has 2 aromatic carbocycles. The van der Waals surface area contributed by atoms with Crippen LogP contribution < -0.4 is 10.1 Å². The van der Waals surface area contributed by atoms with Gasteiger partial charge in [-0.15, -0.1) is 0 Å². The van der Waals surface area contributed by atoms with Gasteiger partial charge in [-0.1, -0.05) is 15.9 Å². The van der Waals surface area contributed by atoms with Crippen LogP contribution in [-0.2, 0) is 4.74 Å². The number of halogens is 2. The summed E-state index contributed by atoms with van der Waals surface area (Å²) in [4.78, 5) is 30.0. The van der Waals surface area contributed by atoms with Crippen LogP contribution in [0.5, 0.6) is 11.6 Å². The van der Waals surface area contributed by atoms with E-state index in [9.17, 15) is 19.3 Å². The molecule has 148 valence electrons. The van der Waals surface area contributed by atoms with E-state index in [4.69, 9.17) is 4.74 Å². The van der Waals surface area contributed by atoms with Gasteiger partial charge < -0.3 is 14.8 Å². The van der Waals surface area contributed by atoms with Gasteiger partial charge in [-0.05, 0) is 42.5 Å². The molecule has 0 spiro atoms. The van der Waals surface area contributed by atoms with Crippen molar-refractivity contribution in [3.63, 3.8) is 0 Å². The van der Waals surface area contributed by atoms with Crippen molar-refractivity contribution in [2.75, 3.05) is 12.4 Å². The summed E-state index contributed by atoms with van der Waals surface area (Å²) in [5.41, 5.74) is -0.305. The number of hydrogen-bond donors (Lipinski definition) is 1. The molecular formula is C18H12BrFN4O5. The lowest BCUT2D eigenvalue weighted by molar-refractivity contribution is -0.385. The Morgan fingerprint density at radius 3 is 2.55 bits per heavy atom. The number of nitrogens with one attached hydrogen (secondary N) is 1. The van der Waals surface area contributed by atoms with Crippen LogP contribution in [0.3, 0.4) is 0 Å². The predicted octanol–water partition coefficient (Wildman–Crippen LogP) is 4.61. The van der Waals surface area contributed by atoms with Crippen LogP contribution in [-0.4, -0.2) is 28.0 Å². The summed E-state index contributed by atoms with van der Waals surface area (Å²) in [6, 6.07) is 9.90. The number of anilines is 2. The van der Waals surface area contributed by atoms with Gasteiger partial charge in [0, 0.05) is 4.47 Å². The van der Waals surface area contributed by atoms with Gasteiger partial charge in [0.05, 0.1) is 23.3 Å². The zero-order chi connectivity index (χ0) is 21.0. The standard InChI is InChI=1S/C18H12BrFN4O5/c1-28-18(25)10-2-5-12(6-3-10)29-17-15(24(26)27)16(21-9-22-17)23-14-7-4-11(19)8-13(14)20/h2-9H,1H3,(H,21,22,23). The Bertz CT molecular complexity index is 1080. The minimum Gasteiger partial charge on any atom is -0.465 e. The van der Waals surface area contributed by atoms with Crippen LogP contribution >= 0.6 is 15.9 Å². The number of nitro groups is 1. The zero-order valence-corrected chi connectivity index (χ0v) is 16.3. The van der Waals surface area contributed by atoms with Crippen LogP contribution in [0, 0.1) is 15.9 Å². The molecule has 1 heterocycles. The summed E-state index contributed by atoms with van der Waals surface area (Å²) in [5, 5.41) is 14.2. The zero-order valence-electron chi connectivity index (χ0n) is 14.8. The molecule has 1 aromatic heterocycles. The van der Waals surface area contributed by atoms with Crippen LogP contribution in [0.4, 0.5) is 21.6 Å². The van der Waals surface area contributed by atoms with Gasteiger partial charge in [0.25, 0.3) is 0 Å². The molecule has 1 N–H and O–H groups in total. The van der Waals surface area contributed by atoms with Gasteiger partial charge in [0.15, 0.2) is 0 Å². The molecule has 0 atom stereocenters. The van der Waals surface area contributed by atoms with Gasteiger partial charge in [-0.25, -0.2) is 14.2 Å². The van der Waals surface area contributed by atoms with E-state index in [1.54, 1.807) is 6.07 Å². The maximum atomic E-state index is 14.1. The molecule has 3 aromatic rings. The van der Waals surface area contributed by atoms with Gasteiger partial charge in [-0.3, -0.25) is 10.1 Å². The van der Waals surface area contributed by atoms with Crippen molar-refractivity contribution < 1.29 is 23.6 Å². The van der Waals surface area contributed by atoms with Gasteiger partial charge in [-0.2, -0.15) is 4.98 Å². The molecule has 29 heavy (non-hydrogen) atoms. The van der Waals surface area contributed by atoms with Crippen molar-refractivity contribution in [2.45, 2.75) is 0 Å². The van der Waals surface area contributed by atoms with Gasteiger partial charge >= 0.3 is 17.5 Å². The molecule has 0 fully saturated rings. The van der Waals surface area contributed by atoms with Crippen LogP contribution in [0.15, 0.2) is 53.3 Å². The van der Waals surface area contributed by atoms with Gasteiger partial charge in [0.2, 0.25) is 5.82 Å². The third-order valence-electron chi connectivity index (χ3n) is 3.65. The van der Waals surface area contributed by atoms with Crippen molar-refractivity contribution in [1.29, 1.82) is 0 Å². The van der Waals surface area contributed by atoms with Crippen molar-refractivity contribution in [1.82, 2.24) is 9.97 Å². The Labute approximate surface area is 171 Å². The molecule has 0 saturated carbocycles. The molecule has 0 aliphatic carbocycles. The first-order valence-corrected chi connectivity index (χ1v) is 8.76. The molecule has 0 bridgehead atoms. The lowest BCUT2D eigenvalue weighted by atomic mass is 10.2. The smallest absolute Gasteiger partial charge is 0.373 e. The SMILES string of the molecule is COC(=O)c1ccc(Oc2ncnc(Nc3ccc(Br)cc3F)c2[N+](=O)[O-])cc1. The Morgan fingerprint density at radius 1 is 1.21 bits per heavy atom. The fraction of sp³-hybridized carbons (Fsp3) is 0.0556. The van der Waals surface area contributed by atoms with E-state index in [-0.39, 0.29) is 28.7 Å². The average Bonchev–Trinajstić information content (AvgIpc) is 2.70. The summed E-state index contributed by atoms with van der Waals surface area (Å²) in [6.07, 6.45) is 1.05. The van der Waals surface area contributed by atoms with Crippen molar-refractivity contribution in [2.24, 2.45) is 0 Å². The lowest BCUT2D eigenvalue weighted by Crippen LogP contribution is -2.04. The fourth-order valence-electron chi connectivity index (χ4n) is 2.30. The number of hydrogen-bond acceptors (Lipinski definition) is 8. The molecular weight excluding hydrogens is 451 g/mol. The van der Waals surface area contributed by atoms with Crippen LogP contribution in [0.2, 0.25) is 0 Å². The highest BCUT2D eigenvalue weighted by atomic mass is 79.9. The highest BCUT2D eigenvalue weighted by Crippen LogP contribution is 2.36. The fourth-order valence-corrected chi connectivity index (χ4v) is 2.63. The van der Waals surface area contributed by atoms with Crippen LogP contribution in [0.25, 0.3) is 0 Å².